The highest BCUT2D eigenvalue weighted by molar-refractivity contribution is 6.30. The normalized spacial score (nSPS) is 22.1. The van der Waals surface area contributed by atoms with Crippen molar-refractivity contribution in [3.05, 3.63) is 34.9 Å². The Morgan fingerprint density at radius 1 is 1.07 bits per heavy atom. The number of carbonyl (C=O) groups excluding carboxylic acids is 1. The smallest absolute Gasteiger partial charge is 0.236 e. The molecule has 0 radical (unpaired) electrons. The largest absolute Gasteiger partial charge is 0.355 e. The van der Waals surface area contributed by atoms with Gasteiger partial charge in [-0.05, 0) is 49.8 Å². The van der Waals surface area contributed by atoms with Gasteiger partial charge in [-0.1, -0.05) is 23.7 Å². The number of carbonyl (C=O) groups is 1. The van der Waals surface area contributed by atoms with Gasteiger partial charge in [0.15, 0.2) is 5.96 Å². The Hall–Kier alpha value is -1.79. The number of likely N-dealkylation sites (tertiary alicyclic amines) is 1. The fourth-order valence-corrected chi connectivity index (χ4v) is 4.86. The van der Waals surface area contributed by atoms with E-state index in [2.05, 4.69) is 32.2 Å². The van der Waals surface area contributed by atoms with Crippen LogP contribution < -0.4 is 5.32 Å². The molecule has 0 unspecified atom stereocenters. The maximum Gasteiger partial charge on any atom is 0.236 e. The summed E-state index contributed by atoms with van der Waals surface area (Å²) in [6.45, 7) is 6.91. The third kappa shape index (κ3) is 5.09. The lowest BCUT2D eigenvalue weighted by Crippen LogP contribution is -2.55. The van der Waals surface area contributed by atoms with Crippen LogP contribution in [0.3, 0.4) is 0 Å². The molecule has 0 aromatic heterocycles. The minimum absolute atomic E-state index is 0.184. The summed E-state index contributed by atoms with van der Waals surface area (Å²) in [5.74, 6) is 1.26. The topological polar surface area (TPSA) is 51.2 Å². The van der Waals surface area contributed by atoms with Gasteiger partial charge in [-0.15, -0.1) is 0 Å². The minimum Gasteiger partial charge on any atom is -0.355 e. The first kappa shape index (κ1) is 21.4. The molecule has 1 aromatic carbocycles. The fraction of sp³-hybridized carbons (Fsp3) is 0.652. The zero-order valence-corrected chi connectivity index (χ0v) is 18.8. The third-order valence-electron chi connectivity index (χ3n) is 6.83. The van der Waals surface area contributed by atoms with Crippen molar-refractivity contribution in [2.45, 2.75) is 37.5 Å². The SMILES string of the molecule is CN=C(NCC1(c2cccc(Cl)c2)CC1)N1CCN(CC(=O)N2CCCCC2)CC1. The third-order valence-corrected chi connectivity index (χ3v) is 7.06. The van der Waals surface area contributed by atoms with Crippen LogP contribution in [0, 0.1) is 0 Å². The number of hydrogen-bond acceptors (Lipinski definition) is 3. The number of aliphatic imine (C=N–C) groups is 1. The van der Waals surface area contributed by atoms with Crippen LogP contribution in [0.4, 0.5) is 0 Å². The Balaban J connectivity index is 1.25. The van der Waals surface area contributed by atoms with E-state index < -0.39 is 0 Å². The summed E-state index contributed by atoms with van der Waals surface area (Å²) < 4.78 is 0. The lowest BCUT2D eigenvalue weighted by Gasteiger charge is -2.37. The first-order chi connectivity index (χ1) is 14.6. The molecule has 0 atom stereocenters. The van der Waals surface area contributed by atoms with E-state index in [4.69, 9.17) is 11.6 Å². The summed E-state index contributed by atoms with van der Waals surface area (Å²) in [6, 6.07) is 8.25. The molecule has 1 saturated carbocycles. The van der Waals surface area contributed by atoms with E-state index in [1.54, 1.807) is 0 Å². The predicted octanol–water partition coefficient (Wildman–Crippen LogP) is 2.58. The molecule has 2 aliphatic heterocycles. The standard InChI is InChI=1S/C23H34ClN5O/c1-25-22(26-18-23(8-9-23)19-6-5-7-20(24)16-19)29-14-12-27(13-15-29)17-21(30)28-10-3-2-4-11-28/h5-7,16H,2-4,8-15,17-18H2,1H3,(H,25,26). The Kier molecular flexibility index (Phi) is 6.84. The summed E-state index contributed by atoms with van der Waals surface area (Å²) in [5, 5.41) is 4.41. The molecule has 4 rings (SSSR count). The zero-order valence-electron chi connectivity index (χ0n) is 18.1. The Bertz CT molecular complexity index is 765. The van der Waals surface area contributed by atoms with Crippen molar-refractivity contribution in [3.8, 4) is 0 Å². The molecule has 1 N–H and O–H groups in total. The first-order valence-electron chi connectivity index (χ1n) is 11.3. The highest BCUT2D eigenvalue weighted by Crippen LogP contribution is 2.48. The highest BCUT2D eigenvalue weighted by Gasteiger charge is 2.44. The number of nitrogens with zero attached hydrogens (tertiary/aromatic N) is 4. The Morgan fingerprint density at radius 2 is 1.80 bits per heavy atom. The van der Waals surface area contributed by atoms with Gasteiger partial charge in [0, 0.05) is 63.3 Å². The molecule has 30 heavy (non-hydrogen) atoms. The van der Waals surface area contributed by atoms with Crippen LogP contribution in [-0.4, -0.2) is 86.0 Å². The molecule has 2 saturated heterocycles. The number of nitrogens with one attached hydrogen (secondary N) is 1. The number of piperazine rings is 1. The van der Waals surface area contributed by atoms with Crippen molar-refractivity contribution in [1.29, 1.82) is 0 Å². The quantitative estimate of drug-likeness (QED) is 0.575. The fourth-order valence-electron chi connectivity index (χ4n) is 4.67. The summed E-state index contributed by atoms with van der Waals surface area (Å²) in [4.78, 5) is 23.7. The van der Waals surface area contributed by atoms with Gasteiger partial charge in [-0.3, -0.25) is 14.7 Å². The van der Waals surface area contributed by atoms with E-state index in [0.29, 0.717) is 12.5 Å². The molecule has 6 nitrogen and oxygen atoms in total. The van der Waals surface area contributed by atoms with Gasteiger partial charge < -0.3 is 15.1 Å². The lowest BCUT2D eigenvalue weighted by molar-refractivity contribution is -0.133. The molecule has 0 spiro atoms. The molecule has 3 fully saturated rings. The summed E-state index contributed by atoms with van der Waals surface area (Å²) >= 11 is 6.21. The molecule has 1 amide bonds. The van der Waals surface area contributed by atoms with Crippen molar-refractivity contribution >= 4 is 23.5 Å². The predicted molar refractivity (Wildman–Crippen MR) is 122 cm³/mol. The van der Waals surface area contributed by atoms with Gasteiger partial charge in [0.1, 0.15) is 0 Å². The second kappa shape index (κ2) is 9.56. The van der Waals surface area contributed by atoms with Gasteiger partial charge in [0.2, 0.25) is 5.91 Å². The van der Waals surface area contributed by atoms with Gasteiger partial charge in [-0.25, -0.2) is 0 Å². The summed E-state index contributed by atoms with van der Waals surface area (Å²) in [5.41, 5.74) is 1.50. The van der Waals surface area contributed by atoms with Crippen molar-refractivity contribution in [3.63, 3.8) is 0 Å². The van der Waals surface area contributed by atoms with Gasteiger partial charge in [-0.2, -0.15) is 0 Å². The summed E-state index contributed by atoms with van der Waals surface area (Å²) in [6.07, 6.45) is 5.93. The molecule has 3 aliphatic rings. The van der Waals surface area contributed by atoms with E-state index in [1.165, 1.54) is 24.8 Å². The van der Waals surface area contributed by atoms with E-state index in [1.807, 2.05) is 24.1 Å². The second-order valence-electron chi connectivity index (χ2n) is 8.90. The van der Waals surface area contributed by atoms with Crippen LogP contribution in [0.2, 0.25) is 5.02 Å². The maximum absolute atomic E-state index is 12.5. The van der Waals surface area contributed by atoms with Crippen LogP contribution >= 0.6 is 11.6 Å². The molecule has 0 bridgehead atoms. The molecule has 7 heteroatoms. The average molecular weight is 432 g/mol. The van der Waals surface area contributed by atoms with E-state index in [-0.39, 0.29) is 5.41 Å². The minimum atomic E-state index is 0.184. The van der Waals surface area contributed by atoms with Crippen LogP contribution in [0.1, 0.15) is 37.7 Å². The van der Waals surface area contributed by atoms with Crippen LogP contribution in [0.5, 0.6) is 0 Å². The molecule has 1 aliphatic carbocycles. The Labute approximate surface area is 185 Å². The number of rotatable bonds is 5. The van der Waals surface area contributed by atoms with Crippen molar-refractivity contribution in [2.75, 3.05) is 59.4 Å². The van der Waals surface area contributed by atoms with Crippen LogP contribution in [0.15, 0.2) is 29.3 Å². The van der Waals surface area contributed by atoms with Gasteiger partial charge in [0.25, 0.3) is 0 Å². The van der Waals surface area contributed by atoms with E-state index in [0.717, 1.165) is 69.6 Å². The summed E-state index contributed by atoms with van der Waals surface area (Å²) in [7, 11) is 1.85. The number of benzene rings is 1. The molecular formula is C23H34ClN5O. The molecule has 1 aromatic rings. The maximum atomic E-state index is 12.5. The van der Waals surface area contributed by atoms with E-state index in [9.17, 15) is 4.79 Å². The van der Waals surface area contributed by atoms with Crippen molar-refractivity contribution in [1.82, 2.24) is 20.0 Å². The van der Waals surface area contributed by atoms with E-state index >= 15 is 0 Å². The highest BCUT2D eigenvalue weighted by atomic mass is 35.5. The van der Waals surface area contributed by atoms with Crippen LogP contribution in [0.25, 0.3) is 0 Å². The zero-order chi connectivity index (χ0) is 21.0. The molecular weight excluding hydrogens is 398 g/mol. The first-order valence-corrected chi connectivity index (χ1v) is 11.7. The molecule has 164 valence electrons. The van der Waals surface area contributed by atoms with Crippen LogP contribution in [-0.2, 0) is 10.2 Å². The molecule has 2 heterocycles. The lowest BCUT2D eigenvalue weighted by atomic mass is 9.96. The van der Waals surface area contributed by atoms with Crippen molar-refractivity contribution in [2.24, 2.45) is 4.99 Å². The van der Waals surface area contributed by atoms with Gasteiger partial charge in [0.05, 0.1) is 6.54 Å². The number of amides is 1. The average Bonchev–Trinajstić information content (AvgIpc) is 3.57. The number of guanidine groups is 1. The Morgan fingerprint density at radius 3 is 2.43 bits per heavy atom. The van der Waals surface area contributed by atoms with Crippen molar-refractivity contribution < 1.29 is 4.79 Å². The number of hydrogen-bond donors (Lipinski definition) is 1. The second-order valence-corrected chi connectivity index (χ2v) is 9.33. The monoisotopic (exact) mass is 431 g/mol. The number of piperidine rings is 1. The van der Waals surface area contributed by atoms with Gasteiger partial charge >= 0.3 is 0 Å². The number of halogens is 1.